The zero-order valence-corrected chi connectivity index (χ0v) is 9.91. The summed E-state index contributed by atoms with van der Waals surface area (Å²) in [7, 11) is 0. The van der Waals surface area contributed by atoms with Gasteiger partial charge in [-0.3, -0.25) is 5.84 Å². The van der Waals surface area contributed by atoms with Crippen LogP contribution in [0.5, 0.6) is 0 Å². The van der Waals surface area contributed by atoms with Gasteiger partial charge in [-0.25, -0.2) is 5.43 Å². The van der Waals surface area contributed by atoms with Crippen molar-refractivity contribution in [1.29, 1.82) is 0 Å². The van der Waals surface area contributed by atoms with Gasteiger partial charge in [0, 0.05) is 10.3 Å². The Labute approximate surface area is 103 Å². The first-order valence-corrected chi connectivity index (χ1v) is 6.22. The van der Waals surface area contributed by atoms with E-state index in [2.05, 4.69) is 35.1 Å². The molecule has 0 saturated heterocycles. The highest BCUT2D eigenvalue weighted by Gasteiger charge is 2.16. The standard InChI is InChI=1S/C13H12N2OS/c14-15-12(10-4-6-16-8-10)11-3-1-2-9-5-7-17-13(9)11/h1-8,12,15H,14H2. The Morgan fingerprint density at radius 2 is 2.18 bits per heavy atom. The Bertz CT molecular complexity index is 615. The normalized spacial score (nSPS) is 13.0. The van der Waals surface area contributed by atoms with Crippen molar-refractivity contribution < 1.29 is 4.42 Å². The molecule has 1 aromatic carbocycles. The van der Waals surface area contributed by atoms with Crippen molar-refractivity contribution in [1.82, 2.24) is 5.43 Å². The molecule has 1 atom stereocenters. The average molecular weight is 244 g/mol. The SMILES string of the molecule is NNC(c1ccoc1)c1cccc2ccsc12. The molecule has 0 amide bonds. The predicted octanol–water partition coefficient (Wildman–Crippen LogP) is 3.05. The Morgan fingerprint density at radius 3 is 2.94 bits per heavy atom. The summed E-state index contributed by atoms with van der Waals surface area (Å²) >= 11 is 1.73. The highest BCUT2D eigenvalue weighted by Crippen LogP contribution is 2.31. The molecule has 1 unspecified atom stereocenters. The second-order valence-corrected chi connectivity index (χ2v) is 4.76. The number of hydrogen-bond acceptors (Lipinski definition) is 4. The average Bonchev–Trinajstić information content (AvgIpc) is 3.00. The summed E-state index contributed by atoms with van der Waals surface area (Å²) in [6.07, 6.45) is 3.38. The molecule has 0 radical (unpaired) electrons. The quantitative estimate of drug-likeness (QED) is 0.550. The lowest BCUT2D eigenvalue weighted by atomic mass is 10.0. The highest BCUT2D eigenvalue weighted by atomic mass is 32.1. The van der Waals surface area contributed by atoms with E-state index in [0.717, 1.165) is 5.56 Å². The van der Waals surface area contributed by atoms with E-state index in [1.165, 1.54) is 15.6 Å². The zero-order valence-electron chi connectivity index (χ0n) is 9.09. The molecule has 86 valence electrons. The number of benzene rings is 1. The van der Waals surface area contributed by atoms with Crippen molar-refractivity contribution in [3.63, 3.8) is 0 Å². The zero-order chi connectivity index (χ0) is 11.7. The molecule has 0 aliphatic rings. The van der Waals surface area contributed by atoms with E-state index < -0.39 is 0 Å². The van der Waals surface area contributed by atoms with Crippen LogP contribution in [0, 0.1) is 0 Å². The van der Waals surface area contributed by atoms with Gasteiger partial charge in [-0.1, -0.05) is 18.2 Å². The maximum atomic E-state index is 5.67. The maximum Gasteiger partial charge on any atom is 0.0954 e. The summed E-state index contributed by atoms with van der Waals surface area (Å²) in [5.74, 6) is 5.67. The van der Waals surface area contributed by atoms with E-state index in [-0.39, 0.29) is 6.04 Å². The number of nitrogens with two attached hydrogens (primary N) is 1. The highest BCUT2D eigenvalue weighted by molar-refractivity contribution is 7.17. The molecule has 17 heavy (non-hydrogen) atoms. The molecular weight excluding hydrogens is 232 g/mol. The summed E-state index contributed by atoms with van der Waals surface area (Å²) in [6.45, 7) is 0. The van der Waals surface area contributed by atoms with Crippen LogP contribution in [0.25, 0.3) is 10.1 Å². The number of hydrogen-bond donors (Lipinski definition) is 2. The molecule has 3 aromatic rings. The van der Waals surface area contributed by atoms with Crippen LogP contribution in [0.2, 0.25) is 0 Å². The Kier molecular flexibility index (Phi) is 2.68. The third-order valence-electron chi connectivity index (χ3n) is 2.86. The first-order valence-electron chi connectivity index (χ1n) is 5.34. The molecule has 0 bridgehead atoms. The molecule has 3 rings (SSSR count). The van der Waals surface area contributed by atoms with Gasteiger partial charge in [0.05, 0.1) is 18.6 Å². The van der Waals surface area contributed by atoms with Gasteiger partial charge >= 0.3 is 0 Å². The van der Waals surface area contributed by atoms with Crippen LogP contribution in [0.1, 0.15) is 17.2 Å². The number of fused-ring (bicyclic) bond motifs is 1. The number of rotatable bonds is 3. The van der Waals surface area contributed by atoms with Crippen molar-refractivity contribution in [2.75, 3.05) is 0 Å². The Morgan fingerprint density at radius 1 is 1.24 bits per heavy atom. The lowest BCUT2D eigenvalue weighted by Gasteiger charge is -2.15. The van der Waals surface area contributed by atoms with Crippen molar-refractivity contribution in [3.05, 3.63) is 59.4 Å². The summed E-state index contributed by atoms with van der Waals surface area (Å²) < 4.78 is 6.38. The molecule has 0 saturated carbocycles. The van der Waals surface area contributed by atoms with Crippen LogP contribution in [-0.4, -0.2) is 0 Å². The molecule has 0 fully saturated rings. The first kappa shape index (κ1) is 10.5. The van der Waals surface area contributed by atoms with Gasteiger partial charge in [0.1, 0.15) is 0 Å². The number of hydrazine groups is 1. The summed E-state index contributed by atoms with van der Waals surface area (Å²) in [5, 5.41) is 3.34. The number of nitrogens with one attached hydrogen (secondary N) is 1. The van der Waals surface area contributed by atoms with E-state index in [0.29, 0.717) is 0 Å². The maximum absolute atomic E-state index is 5.67. The molecule has 3 nitrogen and oxygen atoms in total. The van der Waals surface area contributed by atoms with Crippen molar-refractivity contribution in [2.24, 2.45) is 5.84 Å². The molecule has 2 aromatic heterocycles. The first-order chi connectivity index (χ1) is 8.40. The molecule has 4 heteroatoms. The minimum Gasteiger partial charge on any atom is -0.472 e. The Hall–Kier alpha value is -1.62. The van der Waals surface area contributed by atoms with E-state index in [1.54, 1.807) is 23.9 Å². The van der Waals surface area contributed by atoms with Gasteiger partial charge < -0.3 is 4.42 Å². The van der Waals surface area contributed by atoms with Crippen molar-refractivity contribution >= 4 is 21.4 Å². The topological polar surface area (TPSA) is 51.2 Å². The third-order valence-corrected chi connectivity index (χ3v) is 3.84. The number of thiophene rings is 1. The minimum absolute atomic E-state index is 0.0314. The van der Waals surface area contributed by atoms with Gasteiger partial charge in [-0.05, 0) is 28.5 Å². The largest absolute Gasteiger partial charge is 0.472 e. The smallest absolute Gasteiger partial charge is 0.0954 e. The van der Waals surface area contributed by atoms with Gasteiger partial charge in [0.15, 0.2) is 0 Å². The van der Waals surface area contributed by atoms with E-state index >= 15 is 0 Å². The second-order valence-electron chi connectivity index (χ2n) is 3.84. The third kappa shape index (κ3) is 1.76. The van der Waals surface area contributed by atoms with Crippen molar-refractivity contribution in [2.45, 2.75) is 6.04 Å². The van der Waals surface area contributed by atoms with Crippen LogP contribution in [0.15, 0.2) is 52.7 Å². The molecule has 0 spiro atoms. The summed E-state index contributed by atoms with van der Waals surface area (Å²) in [6, 6.07) is 10.3. The van der Waals surface area contributed by atoms with Gasteiger partial charge in [0.25, 0.3) is 0 Å². The van der Waals surface area contributed by atoms with E-state index in [9.17, 15) is 0 Å². The monoisotopic (exact) mass is 244 g/mol. The lowest BCUT2D eigenvalue weighted by Crippen LogP contribution is -2.28. The van der Waals surface area contributed by atoms with Gasteiger partial charge in [-0.15, -0.1) is 11.3 Å². The summed E-state index contributed by atoms with van der Waals surface area (Å²) in [5.41, 5.74) is 5.07. The van der Waals surface area contributed by atoms with Crippen LogP contribution in [0.4, 0.5) is 0 Å². The lowest BCUT2D eigenvalue weighted by molar-refractivity contribution is 0.554. The Balaban J connectivity index is 2.16. The fourth-order valence-electron chi connectivity index (χ4n) is 2.05. The minimum atomic E-state index is -0.0314. The second kappa shape index (κ2) is 4.33. The molecule has 0 aliphatic carbocycles. The van der Waals surface area contributed by atoms with Crippen LogP contribution in [-0.2, 0) is 0 Å². The predicted molar refractivity (Wildman–Crippen MR) is 69.7 cm³/mol. The van der Waals surface area contributed by atoms with Gasteiger partial charge in [-0.2, -0.15) is 0 Å². The summed E-state index contributed by atoms with van der Waals surface area (Å²) in [4.78, 5) is 0. The molecule has 3 N–H and O–H groups in total. The number of furan rings is 1. The molecule has 0 aliphatic heterocycles. The van der Waals surface area contributed by atoms with Crippen LogP contribution in [0.3, 0.4) is 0 Å². The van der Waals surface area contributed by atoms with Crippen LogP contribution < -0.4 is 11.3 Å². The van der Waals surface area contributed by atoms with E-state index in [4.69, 9.17) is 10.3 Å². The van der Waals surface area contributed by atoms with Crippen LogP contribution >= 0.6 is 11.3 Å². The van der Waals surface area contributed by atoms with E-state index in [1.807, 2.05) is 6.07 Å². The molecular formula is C13H12N2OS. The fourth-order valence-corrected chi connectivity index (χ4v) is 2.99. The fraction of sp³-hybridized carbons (Fsp3) is 0.0769. The molecule has 2 heterocycles. The van der Waals surface area contributed by atoms with Gasteiger partial charge in [0.2, 0.25) is 0 Å². The van der Waals surface area contributed by atoms with Crippen molar-refractivity contribution in [3.8, 4) is 0 Å².